The molecule has 2 aromatic heterocycles. The summed E-state index contributed by atoms with van der Waals surface area (Å²) in [6.07, 6.45) is -4.28. The summed E-state index contributed by atoms with van der Waals surface area (Å²) in [5, 5.41) is 20.1. The van der Waals surface area contributed by atoms with Crippen molar-refractivity contribution < 1.29 is 32.9 Å². The van der Waals surface area contributed by atoms with Crippen molar-refractivity contribution in [2.45, 2.75) is 76.0 Å². The number of nitrogens with zero attached hydrogens (tertiary/aromatic N) is 4. The fourth-order valence-electron chi connectivity index (χ4n) is 4.00. The molecule has 3 heterocycles. The molecule has 2 aromatic rings. The normalized spacial score (nSPS) is 33.4. The van der Waals surface area contributed by atoms with E-state index >= 15 is 0 Å². The summed E-state index contributed by atoms with van der Waals surface area (Å²) < 4.78 is 51.3. The van der Waals surface area contributed by atoms with Crippen molar-refractivity contribution in [2.75, 3.05) is 0 Å². The van der Waals surface area contributed by atoms with Crippen LogP contribution >= 0.6 is 0 Å². The van der Waals surface area contributed by atoms with Crippen LogP contribution < -0.4 is 0 Å². The second-order valence-electron chi connectivity index (χ2n) is 7.68. The molecular weight excluding hydrogens is 393 g/mol. The largest absolute Gasteiger partial charge is 0.391 e. The lowest BCUT2D eigenvalue weighted by atomic mass is 9.87. The van der Waals surface area contributed by atoms with E-state index in [-0.39, 0.29) is 25.6 Å². The van der Waals surface area contributed by atoms with E-state index in [1.165, 1.54) is 17.2 Å². The zero-order valence-corrected chi connectivity index (χ0v) is 15.8. The molecule has 0 spiro atoms. The molecule has 2 N–H and O–H groups in total. The molecule has 29 heavy (non-hydrogen) atoms. The summed E-state index contributed by atoms with van der Waals surface area (Å²) in [4.78, 5) is 12.7. The quantitative estimate of drug-likeness (QED) is 0.787. The molecule has 4 atom stereocenters. The number of alkyl halides is 3. The van der Waals surface area contributed by atoms with Crippen LogP contribution in [0.3, 0.4) is 0 Å². The molecule has 1 aliphatic carbocycles. The van der Waals surface area contributed by atoms with Gasteiger partial charge < -0.3 is 19.7 Å². The minimum Gasteiger partial charge on any atom is -0.388 e. The summed E-state index contributed by atoms with van der Waals surface area (Å²) >= 11 is 0. The number of ether oxygens (including phenoxy) is 2. The van der Waals surface area contributed by atoms with Crippen molar-refractivity contribution in [3.05, 3.63) is 18.3 Å². The van der Waals surface area contributed by atoms with Crippen LogP contribution in [0.25, 0.3) is 11.2 Å². The molecule has 0 radical (unpaired) electrons. The van der Waals surface area contributed by atoms with E-state index in [2.05, 4.69) is 15.0 Å². The molecule has 0 aromatic carbocycles. The Morgan fingerprint density at radius 2 is 1.86 bits per heavy atom. The molecule has 1 saturated carbocycles. The van der Waals surface area contributed by atoms with E-state index in [0.717, 1.165) is 0 Å². The highest BCUT2D eigenvalue weighted by atomic mass is 19.4. The summed E-state index contributed by atoms with van der Waals surface area (Å²) in [6, 6.07) is 0. The van der Waals surface area contributed by atoms with Crippen LogP contribution in [0.1, 0.15) is 44.5 Å². The molecule has 0 amide bonds. The standard InChI is InChI=1S/C18H23F3N4O4/c1-9-14(26)15(27)17(29-9)25-8-24-13-12(22-7-23-16(13)25)6-28-11-4-2-10(3-5-11)18(19,20)21/h7-11,14-15,17,26-27H,2-6H2,1H3/t9-,10-,11-,14-,15-,17-/m1/s1. The third-order valence-corrected chi connectivity index (χ3v) is 5.78. The summed E-state index contributed by atoms with van der Waals surface area (Å²) in [5.41, 5.74) is 1.39. The maximum absolute atomic E-state index is 12.8. The Hall–Kier alpha value is -1.82. The monoisotopic (exact) mass is 416 g/mol. The van der Waals surface area contributed by atoms with Crippen LogP contribution in [0, 0.1) is 5.92 Å². The van der Waals surface area contributed by atoms with Gasteiger partial charge in [-0.15, -0.1) is 0 Å². The maximum Gasteiger partial charge on any atom is 0.391 e. The first-order chi connectivity index (χ1) is 13.8. The smallest absolute Gasteiger partial charge is 0.388 e. The summed E-state index contributed by atoms with van der Waals surface area (Å²) in [7, 11) is 0. The fraction of sp³-hybridized carbons (Fsp3) is 0.722. The highest BCUT2D eigenvalue weighted by Crippen LogP contribution is 2.38. The first-order valence-electron chi connectivity index (χ1n) is 9.62. The number of rotatable bonds is 4. The van der Waals surface area contributed by atoms with Gasteiger partial charge in [-0.05, 0) is 32.6 Å². The number of imidazole rings is 1. The number of hydrogen-bond donors (Lipinski definition) is 2. The van der Waals surface area contributed by atoms with Crippen LogP contribution in [0.4, 0.5) is 13.2 Å². The van der Waals surface area contributed by atoms with Crippen LogP contribution in [0.2, 0.25) is 0 Å². The first kappa shape index (κ1) is 20.5. The van der Waals surface area contributed by atoms with Gasteiger partial charge >= 0.3 is 6.18 Å². The molecule has 4 rings (SSSR count). The SMILES string of the molecule is C[C@H]1O[C@@H](n2cnc3c(CO[C@H]4CC[C@H](C(F)(F)F)CC4)ncnc32)[C@H](O)[C@@H]1O. The minimum atomic E-state index is -4.14. The molecule has 2 aliphatic rings. The van der Waals surface area contributed by atoms with Gasteiger partial charge in [0.2, 0.25) is 0 Å². The summed E-state index contributed by atoms with van der Waals surface area (Å²) in [6.45, 7) is 1.76. The van der Waals surface area contributed by atoms with E-state index in [4.69, 9.17) is 9.47 Å². The van der Waals surface area contributed by atoms with Gasteiger partial charge in [0, 0.05) is 0 Å². The first-order valence-corrected chi connectivity index (χ1v) is 9.62. The van der Waals surface area contributed by atoms with Gasteiger partial charge in [-0.1, -0.05) is 0 Å². The van der Waals surface area contributed by atoms with Gasteiger partial charge in [-0.25, -0.2) is 15.0 Å². The predicted molar refractivity (Wildman–Crippen MR) is 93.5 cm³/mol. The Kier molecular flexibility index (Phi) is 5.49. The molecule has 1 aliphatic heterocycles. The third-order valence-electron chi connectivity index (χ3n) is 5.78. The van der Waals surface area contributed by atoms with Gasteiger partial charge in [-0.2, -0.15) is 13.2 Å². The Morgan fingerprint density at radius 1 is 1.14 bits per heavy atom. The fourth-order valence-corrected chi connectivity index (χ4v) is 4.00. The third kappa shape index (κ3) is 3.96. The van der Waals surface area contributed by atoms with E-state index in [1.807, 2.05) is 0 Å². The lowest BCUT2D eigenvalue weighted by molar-refractivity contribution is -0.188. The molecule has 160 valence electrons. The topological polar surface area (TPSA) is 103 Å². The predicted octanol–water partition coefficient (Wildman–Crippen LogP) is 2.10. The van der Waals surface area contributed by atoms with Gasteiger partial charge in [0.25, 0.3) is 0 Å². The molecule has 2 fully saturated rings. The molecule has 0 bridgehead atoms. The Balaban J connectivity index is 1.44. The molecule has 8 nitrogen and oxygen atoms in total. The molecule has 1 saturated heterocycles. The zero-order chi connectivity index (χ0) is 20.8. The van der Waals surface area contributed by atoms with Crippen molar-refractivity contribution in [3.8, 4) is 0 Å². The number of aromatic nitrogens is 4. The Labute approximate surface area is 164 Å². The number of halogens is 3. The lowest BCUT2D eigenvalue weighted by Gasteiger charge is -2.29. The van der Waals surface area contributed by atoms with Crippen LogP contribution in [0.15, 0.2) is 12.7 Å². The van der Waals surface area contributed by atoms with Crippen LogP contribution in [-0.4, -0.2) is 60.3 Å². The van der Waals surface area contributed by atoms with Gasteiger partial charge in [0.1, 0.15) is 24.1 Å². The van der Waals surface area contributed by atoms with Crippen molar-refractivity contribution in [1.82, 2.24) is 19.5 Å². The number of aliphatic hydroxyl groups is 2. The average molecular weight is 416 g/mol. The van der Waals surface area contributed by atoms with E-state index in [9.17, 15) is 23.4 Å². The average Bonchev–Trinajstić information content (AvgIpc) is 3.23. The zero-order valence-electron chi connectivity index (χ0n) is 15.8. The van der Waals surface area contributed by atoms with Crippen LogP contribution in [-0.2, 0) is 16.1 Å². The molecular formula is C18H23F3N4O4. The van der Waals surface area contributed by atoms with Crippen molar-refractivity contribution >= 4 is 11.2 Å². The van der Waals surface area contributed by atoms with Crippen molar-refractivity contribution in [2.24, 2.45) is 5.92 Å². The second kappa shape index (κ2) is 7.78. The number of aliphatic hydroxyl groups excluding tert-OH is 2. The van der Waals surface area contributed by atoms with Gasteiger partial charge in [-0.3, -0.25) is 4.57 Å². The number of hydrogen-bond acceptors (Lipinski definition) is 7. The highest BCUT2D eigenvalue weighted by Gasteiger charge is 2.43. The maximum atomic E-state index is 12.8. The molecule has 0 unspecified atom stereocenters. The van der Waals surface area contributed by atoms with Gasteiger partial charge in [0.05, 0.1) is 36.8 Å². The second-order valence-corrected chi connectivity index (χ2v) is 7.68. The van der Waals surface area contributed by atoms with E-state index in [0.29, 0.717) is 29.7 Å². The van der Waals surface area contributed by atoms with Gasteiger partial charge in [0.15, 0.2) is 11.9 Å². The Morgan fingerprint density at radius 3 is 2.48 bits per heavy atom. The lowest BCUT2D eigenvalue weighted by Crippen LogP contribution is -2.30. The Bertz CT molecular complexity index is 853. The minimum absolute atomic E-state index is 0.0688. The van der Waals surface area contributed by atoms with Crippen molar-refractivity contribution in [1.29, 1.82) is 0 Å². The van der Waals surface area contributed by atoms with Crippen LogP contribution in [0.5, 0.6) is 0 Å². The summed E-state index contributed by atoms with van der Waals surface area (Å²) in [5.74, 6) is -1.25. The van der Waals surface area contributed by atoms with E-state index in [1.54, 1.807) is 6.92 Å². The number of fused-ring (bicyclic) bond motifs is 1. The molecule has 11 heteroatoms. The van der Waals surface area contributed by atoms with E-state index < -0.39 is 36.6 Å². The van der Waals surface area contributed by atoms with Crippen molar-refractivity contribution in [3.63, 3.8) is 0 Å². The highest BCUT2D eigenvalue weighted by molar-refractivity contribution is 5.73.